The maximum absolute atomic E-state index is 10.2. The maximum Gasteiger partial charge on any atom is 0.503 e. The zero-order valence-electron chi connectivity index (χ0n) is 15.5. The number of hydrogen-bond acceptors (Lipinski definition) is 3. The van der Waals surface area contributed by atoms with Crippen molar-refractivity contribution in [3.63, 3.8) is 0 Å². The molecule has 25 heavy (non-hydrogen) atoms. The molecule has 2 aromatic carbocycles. The second-order valence-electron chi connectivity index (χ2n) is 6.68. The molecule has 0 saturated carbocycles. The number of rotatable bonds is 2. The lowest BCUT2D eigenvalue weighted by Gasteiger charge is -2.32. The second kappa shape index (κ2) is 7.47. The molecule has 0 aliphatic rings. The Morgan fingerprint density at radius 3 is 1.52 bits per heavy atom. The molecule has 0 radical (unpaired) electrons. The summed E-state index contributed by atoms with van der Waals surface area (Å²) in [6.07, 6.45) is -1.83. The predicted octanol–water partition coefficient (Wildman–Crippen LogP) is 4.88. The topological polar surface area (TPSA) is 98.0 Å². The van der Waals surface area contributed by atoms with Crippen molar-refractivity contribution < 1.29 is 25.2 Å². The van der Waals surface area contributed by atoms with E-state index in [9.17, 15) is 10.2 Å². The number of carboxylic acid groups (broad SMARTS) is 2. The molecule has 0 heterocycles. The average molecular weight is 346 g/mol. The van der Waals surface area contributed by atoms with Gasteiger partial charge in [-0.05, 0) is 73.2 Å². The highest BCUT2D eigenvalue weighted by molar-refractivity contribution is 5.58. The lowest BCUT2D eigenvalue weighted by molar-refractivity contribution is 0.137. The average Bonchev–Trinajstić information content (AvgIpc) is 2.51. The van der Waals surface area contributed by atoms with Crippen molar-refractivity contribution in [2.75, 3.05) is 0 Å². The second-order valence-corrected chi connectivity index (χ2v) is 6.68. The van der Waals surface area contributed by atoms with Gasteiger partial charge in [0.25, 0.3) is 0 Å². The van der Waals surface area contributed by atoms with Crippen LogP contribution in [0.25, 0.3) is 0 Å². The Kier molecular flexibility index (Phi) is 6.08. The van der Waals surface area contributed by atoms with E-state index in [-0.39, 0.29) is 11.2 Å². The molecule has 5 heteroatoms. The van der Waals surface area contributed by atoms with E-state index in [1.807, 2.05) is 26.0 Å². The van der Waals surface area contributed by atoms with Gasteiger partial charge in [0.05, 0.1) is 0 Å². The van der Waals surface area contributed by atoms with Crippen LogP contribution in [-0.4, -0.2) is 26.6 Å². The lowest BCUT2D eigenvalue weighted by Crippen LogP contribution is -2.23. The fraction of sp³-hybridized carbons (Fsp3) is 0.350. The molecule has 5 nitrogen and oxygen atoms in total. The maximum atomic E-state index is 10.2. The van der Waals surface area contributed by atoms with E-state index in [1.54, 1.807) is 12.1 Å². The van der Waals surface area contributed by atoms with Crippen LogP contribution in [0.2, 0.25) is 0 Å². The van der Waals surface area contributed by atoms with E-state index in [4.69, 9.17) is 15.0 Å². The smallest absolute Gasteiger partial charge is 0.503 e. The summed E-state index contributed by atoms with van der Waals surface area (Å²) in [5.41, 5.74) is 6.37. The van der Waals surface area contributed by atoms with Crippen molar-refractivity contribution >= 4 is 6.16 Å². The fourth-order valence-electron chi connectivity index (χ4n) is 3.25. The molecule has 0 bridgehead atoms. The minimum absolute atomic E-state index is 0.189. The summed E-state index contributed by atoms with van der Waals surface area (Å²) >= 11 is 0. The summed E-state index contributed by atoms with van der Waals surface area (Å²) in [5.74, 6) is 0.677. The van der Waals surface area contributed by atoms with Gasteiger partial charge in [-0.3, -0.25) is 0 Å². The molecule has 0 amide bonds. The van der Waals surface area contributed by atoms with Crippen molar-refractivity contribution in [1.82, 2.24) is 0 Å². The number of aromatic hydroxyl groups is 2. The van der Waals surface area contributed by atoms with Gasteiger partial charge in [0.15, 0.2) is 0 Å². The standard InChI is InChI=1S/C19H24O2.CH2O3/c1-11-13(3)18(21)14(4)12(2)17(11)19(5,6)15-7-9-16(20)10-8-15;2-1(3)4/h7-10,20-21H,1-6H3;(H2,2,3,4). The summed E-state index contributed by atoms with van der Waals surface area (Å²) in [6.45, 7) is 12.4. The Morgan fingerprint density at radius 1 is 0.800 bits per heavy atom. The van der Waals surface area contributed by atoms with Crippen LogP contribution < -0.4 is 0 Å². The quantitative estimate of drug-likeness (QED) is 0.621. The van der Waals surface area contributed by atoms with E-state index in [1.165, 1.54) is 5.56 Å². The minimum Gasteiger partial charge on any atom is -0.508 e. The Morgan fingerprint density at radius 2 is 1.16 bits per heavy atom. The number of carbonyl (C=O) groups is 1. The molecule has 0 unspecified atom stereocenters. The van der Waals surface area contributed by atoms with Crippen LogP contribution in [-0.2, 0) is 5.41 Å². The van der Waals surface area contributed by atoms with E-state index in [0.29, 0.717) is 5.75 Å². The third-order valence-electron chi connectivity index (χ3n) is 4.80. The molecular formula is C20H26O5. The summed E-state index contributed by atoms with van der Waals surface area (Å²) in [7, 11) is 0. The summed E-state index contributed by atoms with van der Waals surface area (Å²) in [6, 6.07) is 7.38. The molecule has 0 fully saturated rings. The molecule has 0 aromatic heterocycles. The highest BCUT2D eigenvalue weighted by Gasteiger charge is 2.29. The van der Waals surface area contributed by atoms with Crippen LogP contribution in [0.3, 0.4) is 0 Å². The Balaban J connectivity index is 0.000000705. The van der Waals surface area contributed by atoms with E-state index in [0.717, 1.165) is 27.8 Å². The van der Waals surface area contributed by atoms with Crippen molar-refractivity contribution in [1.29, 1.82) is 0 Å². The molecule has 0 atom stereocenters. The lowest BCUT2D eigenvalue weighted by atomic mass is 9.72. The van der Waals surface area contributed by atoms with Gasteiger partial charge in [0, 0.05) is 5.41 Å². The third kappa shape index (κ3) is 4.24. The van der Waals surface area contributed by atoms with E-state index < -0.39 is 6.16 Å². The molecule has 2 aromatic rings. The molecule has 0 spiro atoms. The summed E-state index contributed by atoms with van der Waals surface area (Å²) in [4.78, 5) is 8.56. The highest BCUT2D eigenvalue weighted by Crippen LogP contribution is 2.41. The molecule has 2 rings (SSSR count). The molecule has 0 aliphatic heterocycles. The number of hydrogen-bond donors (Lipinski definition) is 4. The molecule has 0 saturated heterocycles. The van der Waals surface area contributed by atoms with Gasteiger partial charge in [0.2, 0.25) is 0 Å². The minimum atomic E-state index is -1.83. The summed E-state index contributed by atoms with van der Waals surface area (Å²) in [5, 5.41) is 33.7. The SMILES string of the molecule is Cc1c(C)c(C(C)(C)c2ccc(O)cc2)c(C)c(C)c1O.O=C(O)O. The van der Waals surface area contributed by atoms with Crippen molar-refractivity contribution in [3.8, 4) is 11.5 Å². The van der Waals surface area contributed by atoms with Gasteiger partial charge in [-0.15, -0.1) is 0 Å². The van der Waals surface area contributed by atoms with Crippen molar-refractivity contribution in [2.45, 2.75) is 47.0 Å². The molecule has 4 N–H and O–H groups in total. The Labute approximate surface area is 148 Å². The van der Waals surface area contributed by atoms with Crippen LogP contribution in [0.15, 0.2) is 24.3 Å². The predicted molar refractivity (Wildman–Crippen MR) is 97.9 cm³/mol. The van der Waals surface area contributed by atoms with Gasteiger partial charge >= 0.3 is 6.16 Å². The fourth-order valence-corrected chi connectivity index (χ4v) is 3.25. The first-order valence-electron chi connectivity index (χ1n) is 7.92. The Bertz CT molecular complexity index is 741. The first-order chi connectivity index (χ1) is 11.4. The number of phenols is 2. The Hall–Kier alpha value is -2.69. The van der Waals surface area contributed by atoms with Crippen LogP contribution in [0, 0.1) is 27.7 Å². The normalized spacial score (nSPS) is 10.8. The first-order valence-corrected chi connectivity index (χ1v) is 7.92. The van der Waals surface area contributed by atoms with Crippen LogP contribution in [0.5, 0.6) is 11.5 Å². The monoisotopic (exact) mass is 346 g/mol. The third-order valence-corrected chi connectivity index (χ3v) is 4.80. The van der Waals surface area contributed by atoms with Crippen LogP contribution in [0.1, 0.15) is 47.2 Å². The first kappa shape index (κ1) is 20.4. The van der Waals surface area contributed by atoms with Crippen molar-refractivity contribution in [2.24, 2.45) is 0 Å². The van der Waals surface area contributed by atoms with E-state index >= 15 is 0 Å². The largest absolute Gasteiger partial charge is 0.508 e. The van der Waals surface area contributed by atoms with Crippen molar-refractivity contribution in [3.05, 3.63) is 57.6 Å². The van der Waals surface area contributed by atoms with Gasteiger partial charge in [-0.25, -0.2) is 4.79 Å². The molecule has 0 aliphatic carbocycles. The van der Waals surface area contributed by atoms with Gasteiger partial charge in [0.1, 0.15) is 11.5 Å². The zero-order chi connectivity index (χ0) is 19.5. The van der Waals surface area contributed by atoms with Gasteiger partial charge in [-0.2, -0.15) is 0 Å². The van der Waals surface area contributed by atoms with Crippen LogP contribution >= 0.6 is 0 Å². The molecule has 136 valence electrons. The molecular weight excluding hydrogens is 320 g/mol. The van der Waals surface area contributed by atoms with Crippen LogP contribution in [0.4, 0.5) is 4.79 Å². The zero-order valence-corrected chi connectivity index (χ0v) is 15.5. The van der Waals surface area contributed by atoms with Gasteiger partial charge in [-0.1, -0.05) is 26.0 Å². The van der Waals surface area contributed by atoms with Gasteiger partial charge < -0.3 is 20.4 Å². The summed E-state index contributed by atoms with van der Waals surface area (Å²) < 4.78 is 0. The number of phenolic OH excluding ortho intramolecular Hbond substituents is 2. The van der Waals surface area contributed by atoms with E-state index in [2.05, 4.69) is 27.7 Å². The highest BCUT2D eigenvalue weighted by atomic mass is 16.6. The number of benzene rings is 2.